The molecular formula is C16H18BrN5O2S. The molecule has 0 aliphatic carbocycles. The van der Waals surface area contributed by atoms with Crippen molar-refractivity contribution < 1.29 is 9.59 Å². The van der Waals surface area contributed by atoms with E-state index in [-0.39, 0.29) is 23.3 Å². The highest BCUT2D eigenvalue weighted by molar-refractivity contribution is 9.10. The molecule has 3 N–H and O–H groups in total. The van der Waals surface area contributed by atoms with Gasteiger partial charge in [0.1, 0.15) is 0 Å². The molecule has 1 aromatic carbocycles. The Kier molecular flexibility index (Phi) is 8.20. The molecule has 0 saturated heterocycles. The Morgan fingerprint density at radius 2 is 1.80 bits per heavy atom. The summed E-state index contributed by atoms with van der Waals surface area (Å²) in [5, 5.41) is 8.54. The maximum atomic E-state index is 11.8. The van der Waals surface area contributed by atoms with Gasteiger partial charge in [-0.1, -0.05) is 22.0 Å². The summed E-state index contributed by atoms with van der Waals surface area (Å²) in [6.45, 7) is 0.992. The lowest BCUT2D eigenvalue weighted by Crippen LogP contribution is -2.30. The molecule has 2 amide bonds. The van der Waals surface area contributed by atoms with Crippen molar-refractivity contribution in [3.63, 3.8) is 0 Å². The molecule has 0 aliphatic heterocycles. The van der Waals surface area contributed by atoms with Crippen LogP contribution in [0.1, 0.15) is 0 Å². The number of carbonyl (C=O) groups is 2. The van der Waals surface area contributed by atoms with Crippen molar-refractivity contribution >= 4 is 51.1 Å². The second-order valence-electron chi connectivity index (χ2n) is 4.90. The molecule has 0 saturated carbocycles. The van der Waals surface area contributed by atoms with Crippen molar-refractivity contribution in [2.45, 2.75) is 0 Å². The topological polar surface area (TPSA) is 96.0 Å². The average molecular weight is 424 g/mol. The zero-order chi connectivity index (χ0) is 17.9. The molecular weight excluding hydrogens is 406 g/mol. The minimum Gasteiger partial charge on any atom is -0.354 e. The Bertz CT molecular complexity index is 702. The van der Waals surface area contributed by atoms with Crippen LogP contribution in [0.3, 0.4) is 0 Å². The van der Waals surface area contributed by atoms with E-state index in [4.69, 9.17) is 0 Å². The molecule has 0 fully saturated rings. The van der Waals surface area contributed by atoms with Gasteiger partial charge in [-0.05, 0) is 24.3 Å². The van der Waals surface area contributed by atoms with Crippen LogP contribution in [-0.2, 0) is 9.59 Å². The second-order valence-corrected chi connectivity index (χ2v) is 6.80. The van der Waals surface area contributed by atoms with Gasteiger partial charge in [0.2, 0.25) is 17.8 Å². The van der Waals surface area contributed by atoms with Crippen LogP contribution in [0.15, 0.2) is 47.2 Å². The fourth-order valence-corrected chi connectivity index (χ4v) is 2.86. The van der Waals surface area contributed by atoms with E-state index in [0.717, 1.165) is 10.2 Å². The molecule has 1 heterocycles. The van der Waals surface area contributed by atoms with Crippen molar-refractivity contribution in [2.24, 2.45) is 0 Å². The summed E-state index contributed by atoms with van der Waals surface area (Å²) >= 11 is 4.61. The van der Waals surface area contributed by atoms with Crippen molar-refractivity contribution in [1.82, 2.24) is 15.3 Å². The first-order chi connectivity index (χ1) is 12.1. The maximum absolute atomic E-state index is 11.8. The zero-order valence-electron chi connectivity index (χ0n) is 13.4. The molecule has 7 nitrogen and oxygen atoms in total. The highest BCUT2D eigenvalue weighted by Crippen LogP contribution is 2.15. The Balaban J connectivity index is 1.55. The van der Waals surface area contributed by atoms with Crippen molar-refractivity contribution in [1.29, 1.82) is 0 Å². The molecule has 0 aliphatic rings. The largest absolute Gasteiger partial charge is 0.354 e. The third kappa shape index (κ3) is 7.99. The van der Waals surface area contributed by atoms with Crippen LogP contribution in [0.25, 0.3) is 0 Å². The summed E-state index contributed by atoms with van der Waals surface area (Å²) in [6, 6.07) is 9.08. The lowest BCUT2D eigenvalue weighted by atomic mass is 10.3. The molecule has 9 heteroatoms. The fourth-order valence-electron chi connectivity index (χ4n) is 1.82. The molecule has 0 unspecified atom stereocenters. The van der Waals surface area contributed by atoms with Gasteiger partial charge in [0.05, 0.1) is 11.5 Å². The van der Waals surface area contributed by atoms with Crippen molar-refractivity contribution in [2.75, 3.05) is 35.2 Å². The van der Waals surface area contributed by atoms with Crippen LogP contribution >= 0.6 is 27.7 Å². The number of carbonyl (C=O) groups excluding carboxylic acids is 2. The number of nitrogens with zero attached hydrogens (tertiary/aromatic N) is 2. The van der Waals surface area contributed by atoms with Crippen molar-refractivity contribution in [3.05, 3.63) is 47.2 Å². The van der Waals surface area contributed by atoms with Gasteiger partial charge in [-0.25, -0.2) is 9.97 Å². The molecule has 132 valence electrons. The number of hydrogen-bond acceptors (Lipinski definition) is 6. The number of aromatic nitrogens is 2. The van der Waals surface area contributed by atoms with Crippen LogP contribution in [0.2, 0.25) is 0 Å². The normalized spacial score (nSPS) is 10.1. The van der Waals surface area contributed by atoms with E-state index in [1.807, 2.05) is 24.3 Å². The molecule has 1 aromatic heterocycles. The smallest absolute Gasteiger partial charge is 0.234 e. The summed E-state index contributed by atoms with van der Waals surface area (Å²) in [5.74, 6) is 0.717. The number of hydrogen-bond donors (Lipinski definition) is 3. The predicted octanol–water partition coefficient (Wildman–Crippen LogP) is 2.14. The van der Waals surface area contributed by atoms with Gasteiger partial charge < -0.3 is 16.0 Å². The number of halogens is 1. The van der Waals surface area contributed by atoms with E-state index in [1.165, 1.54) is 11.8 Å². The Morgan fingerprint density at radius 3 is 2.56 bits per heavy atom. The van der Waals surface area contributed by atoms with Crippen LogP contribution in [0.4, 0.5) is 11.6 Å². The first-order valence-corrected chi connectivity index (χ1v) is 9.49. The van der Waals surface area contributed by atoms with Gasteiger partial charge in [0.15, 0.2) is 0 Å². The molecule has 2 aromatic rings. The van der Waals surface area contributed by atoms with E-state index in [9.17, 15) is 9.59 Å². The van der Waals surface area contributed by atoms with Gasteiger partial charge in [-0.3, -0.25) is 9.59 Å². The average Bonchev–Trinajstić information content (AvgIpc) is 2.60. The third-order valence-corrected chi connectivity index (χ3v) is 4.30. The first-order valence-electron chi connectivity index (χ1n) is 7.54. The monoisotopic (exact) mass is 423 g/mol. The zero-order valence-corrected chi connectivity index (χ0v) is 15.8. The summed E-state index contributed by atoms with van der Waals surface area (Å²) in [6.07, 6.45) is 3.29. The summed E-state index contributed by atoms with van der Waals surface area (Å²) in [7, 11) is 0. The summed E-state index contributed by atoms with van der Waals surface area (Å²) in [5.41, 5.74) is 0.721. The van der Waals surface area contributed by atoms with Crippen LogP contribution in [0, 0.1) is 0 Å². The van der Waals surface area contributed by atoms with Crippen LogP contribution in [-0.4, -0.2) is 46.4 Å². The number of rotatable bonds is 9. The lowest BCUT2D eigenvalue weighted by Gasteiger charge is -2.07. The van der Waals surface area contributed by atoms with Crippen LogP contribution < -0.4 is 16.0 Å². The minimum atomic E-state index is -0.140. The molecule has 0 atom stereocenters. The Hall–Kier alpha value is -2.13. The standard InChI is InChI=1S/C16H18BrN5O2S/c17-12-3-1-4-13(9-12)22-15(24)11-25-10-14(23)18-7-8-21-16-19-5-2-6-20-16/h1-6,9H,7-8,10-11H2,(H,18,23)(H,22,24)(H,19,20,21). The van der Waals surface area contributed by atoms with Gasteiger partial charge >= 0.3 is 0 Å². The highest BCUT2D eigenvalue weighted by Gasteiger charge is 2.06. The van der Waals surface area contributed by atoms with Gasteiger partial charge in [-0.2, -0.15) is 0 Å². The van der Waals surface area contributed by atoms with E-state index in [2.05, 4.69) is 41.8 Å². The Labute approximate surface area is 158 Å². The van der Waals surface area contributed by atoms with Crippen LogP contribution in [0.5, 0.6) is 0 Å². The lowest BCUT2D eigenvalue weighted by molar-refractivity contribution is -0.118. The van der Waals surface area contributed by atoms with Crippen molar-refractivity contribution in [3.8, 4) is 0 Å². The fraction of sp³-hybridized carbons (Fsp3) is 0.250. The number of thioether (sulfide) groups is 1. The molecule has 0 spiro atoms. The molecule has 25 heavy (non-hydrogen) atoms. The molecule has 0 bridgehead atoms. The summed E-state index contributed by atoms with van der Waals surface area (Å²) < 4.78 is 0.895. The minimum absolute atomic E-state index is 0.115. The third-order valence-electron chi connectivity index (χ3n) is 2.87. The predicted molar refractivity (Wildman–Crippen MR) is 104 cm³/mol. The van der Waals surface area contributed by atoms with E-state index >= 15 is 0 Å². The van der Waals surface area contributed by atoms with Gasteiger partial charge in [0, 0.05) is 35.6 Å². The molecule has 2 rings (SSSR count). The quantitative estimate of drug-likeness (QED) is 0.534. The highest BCUT2D eigenvalue weighted by atomic mass is 79.9. The van der Waals surface area contributed by atoms with Gasteiger partial charge in [0.25, 0.3) is 0 Å². The number of nitrogens with one attached hydrogen (secondary N) is 3. The number of benzene rings is 1. The summed E-state index contributed by atoms with van der Waals surface area (Å²) in [4.78, 5) is 31.6. The van der Waals surface area contributed by atoms with Gasteiger partial charge in [-0.15, -0.1) is 11.8 Å². The maximum Gasteiger partial charge on any atom is 0.234 e. The molecule has 0 radical (unpaired) electrons. The van der Waals surface area contributed by atoms with E-state index in [0.29, 0.717) is 19.0 Å². The van der Waals surface area contributed by atoms with E-state index in [1.54, 1.807) is 18.5 Å². The van der Waals surface area contributed by atoms with E-state index < -0.39 is 0 Å². The second kappa shape index (κ2) is 10.7. The number of amides is 2. The Morgan fingerprint density at radius 1 is 1.04 bits per heavy atom. The SMILES string of the molecule is O=C(CSCC(=O)Nc1cccc(Br)c1)NCCNc1ncccn1. The number of anilines is 2. The first kappa shape index (κ1) is 19.2.